The van der Waals surface area contributed by atoms with E-state index in [0.29, 0.717) is 12.2 Å². The molecule has 0 bridgehead atoms. The van der Waals surface area contributed by atoms with Crippen LogP contribution in [-0.4, -0.2) is 16.1 Å². The highest BCUT2D eigenvalue weighted by molar-refractivity contribution is 5.90. The van der Waals surface area contributed by atoms with Gasteiger partial charge in [0.2, 0.25) is 5.91 Å². The van der Waals surface area contributed by atoms with Crippen LogP contribution in [-0.2, 0) is 4.79 Å². The van der Waals surface area contributed by atoms with Crippen LogP contribution >= 0.6 is 0 Å². The fourth-order valence-electron chi connectivity index (χ4n) is 0.827. The van der Waals surface area contributed by atoms with Gasteiger partial charge in [-0.25, -0.2) is 0 Å². The molecule has 1 rings (SSSR count). The Morgan fingerprint density at radius 3 is 2.67 bits per heavy atom. The van der Waals surface area contributed by atoms with E-state index in [1.165, 1.54) is 0 Å². The van der Waals surface area contributed by atoms with E-state index in [0.717, 1.165) is 11.3 Å². The Hall–Kier alpha value is -1.32. The maximum atomic E-state index is 11.0. The number of hydrogen-bond acceptors (Lipinski definition) is 2. The van der Waals surface area contributed by atoms with Crippen molar-refractivity contribution in [3.05, 3.63) is 11.3 Å². The Morgan fingerprint density at radius 2 is 2.25 bits per heavy atom. The van der Waals surface area contributed by atoms with Gasteiger partial charge in [0, 0.05) is 17.7 Å². The van der Waals surface area contributed by atoms with Crippen molar-refractivity contribution < 1.29 is 4.79 Å². The summed E-state index contributed by atoms with van der Waals surface area (Å²) in [5.41, 5.74) is 1.98. The number of carbonyl (C=O) groups excluding carboxylic acids is 1. The molecule has 4 nitrogen and oxygen atoms in total. The van der Waals surface area contributed by atoms with Crippen molar-refractivity contribution in [1.29, 1.82) is 0 Å². The summed E-state index contributed by atoms with van der Waals surface area (Å²) in [4.78, 5) is 11.0. The van der Waals surface area contributed by atoms with Crippen LogP contribution in [0.15, 0.2) is 0 Å². The summed E-state index contributed by atoms with van der Waals surface area (Å²) < 4.78 is 0. The second-order valence-electron chi connectivity index (χ2n) is 2.72. The normalized spacial score (nSPS) is 9.92. The summed E-state index contributed by atoms with van der Waals surface area (Å²) in [6.07, 6.45) is 0.478. The van der Waals surface area contributed by atoms with Crippen LogP contribution in [0.3, 0.4) is 0 Å². The van der Waals surface area contributed by atoms with E-state index in [-0.39, 0.29) is 5.91 Å². The number of H-pyrrole nitrogens is 1. The molecule has 0 fully saturated rings. The van der Waals surface area contributed by atoms with Gasteiger partial charge >= 0.3 is 0 Å². The van der Waals surface area contributed by atoms with Crippen molar-refractivity contribution in [3.63, 3.8) is 0 Å². The number of hydrogen-bond donors (Lipinski definition) is 2. The van der Waals surface area contributed by atoms with Crippen LogP contribution in [0.2, 0.25) is 0 Å². The maximum Gasteiger partial charge on any atom is 0.225 e. The van der Waals surface area contributed by atoms with E-state index in [2.05, 4.69) is 15.5 Å². The summed E-state index contributed by atoms with van der Waals surface area (Å²) in [7, 11) is 0. The number of anilines is 1. The van der Waals surface area contributed by atoms with Gasteiger partial charge in [-0.05, 0) is 13.8 Å². The van der Waals surface area contributed by atoms with Gasteiger partial charge in [0.25, 0.3) is 0 Å². The van der Waals surface area contributed by atoms with Gasteiger partial charge < -0.3 is 5.32 Å². The minimum atomic E-state index is -0.00963. The lowest BCUT2D eigenvalue weighted by Crippen LogP contribution is -2.10. The van der Waals surface area contributed by atoms with Crippen molar-refractivity contribution in [3.8, 4) is 0 Å². The molecule has 2 N–H and O–H groups in total. The lowest BCUT2D eigenvalue weighted by Gasteiger charge is -1.98. The van der Waals surface area contributed by atoms with Crippen LogP contribution < -0.4 is 5.32 Å². The van der Waals surface area contributed by atoms with Crippen molar-refractivity contribution in [2.75, 3.05) is 5.32 Å². The molecule has 0 atom stereocenters. The molecule has 4 heteroatoms. The van der Waals surface area contributed by atoms with Crippen LogP contribution in [0, 0.1) is 13.8 Å². The molecule has 0 aliphatic rings. The number of nitrogens with zero attached hydrogens (tertiary/aromatic N) is 1. The van der Waals surface area contributed by atoms with Crippen molar-refractivity contribution in [2.45, 2.75) is 27.2 Å². The highest BCUT2D eigenvalue weighted by atomic mass is 16.1. The van der Waals surface area contributed by atoms with Gasteiger partial charge in [-0.1, -0.05) is 6.92 Å². The predicted molar refractivity (Wildman–Crippen MR) is 47.0 cm³/mol. The molecule has 1 amide bonds. The quantitative estimate of drug-likeness (QED) is 0.699. The van der Waals surface area contributed by atoms with Gasteiger partial charge in [-0.15, -0.1) is 0 Å². The molecule has 12 heavy (non-hydrogen) atoms. The molecule has 1 heterocycles. The fraction of sp³-hybridized carbons (Fsp3) is 0.500. The summed E-state index contributed by atoms with van der Waals surface area (Å²) in [6, 6.07) is 0. The Kier molecular flexibility index (Phi) is 2.47. The predicted octanol–water partition coefficient (Wildman–Crippen LogP) is 1.38. The number of nitrogens with one attached hydrogen (secondary N) is 2. The summed E-state index contributed by atoms with van der Waals surface area (Å²) in [5, 5.41) is 9.45. The van der Waals surface area contributed by atoms with E-state index in [4.69, 9.17) is 0 Å². The molecular weight excluding hydrogens is 154 g/mol. The topological polar surface area (TPSA) is 57.8 Å². The average Bonchev–Trinajstić information content (AvgIpc) is 2.36. The van der Waals surface area contributed by atoms with Gasteiger partial charge in [-0.3, -0.25) is 9.89 Å². The Balaban J connectivity index is 2.76. The zero-order valence-corrected chi connectivity index (χ0v) is 7.56. The molecule has 0 saturated heterocycles. The van der Waals surface area contributed by atoms with Gasteiger partial charge in [0.05, 0.1) is 0 Å². The van der Waals surface area contributed by atoms with E-state index >= 15 is 0 Å². The largest absolute Gasteiger partial charge is 0.309 e. The smallest absolute Gasteiger partial charge is 0.225 e. The first kappa shape index (κ1) is 8.77. The second kappa shape index (κ2) is 3.38. The van der Waals surface area contributed by atoms with E-state index in [1.54, 1.807) is 0 Å². The number of aryl methyl sites for hydroxylation is 1. The zero-order chi connectivity index (χ0) is 9.14. The molecule has 66 valence electrons. The lowest BCUT2D eigenvalue weighted by molar-refractivity contribution is -0.115. The number of aromatic nitrogens is 2. The molecule has 0 radical (unpaired) electrons. The number of carbonyl (C=O) groups is 1. The number of rotatable bonds is 2. The van der Waals surface area contributed by atoms with Gasteiger partial charge in [-0.2, -0.15) is 5.10 Å². The molecule has 0 spiro atoms. The number of amides is 1. The Morgan fingerprint density at radius 1 is 1.58 bits per heavy atom. The second-order valence-corrected chi connectivity index (χ2v) is 2.72. The summed E-state index contributed by atoms with van der Waals surface area (Å²) >= 11 is 0. The summed E-state index contributed by atoms with van der Waals surface area (Å²) in [6.45, 7) is 5.65. The average molecular weight is 167 g/mol. The highest BCUT2D eigenvalue weighted by Gasteiger charge is 2.06. The maximum absolute atomic E-state index is 11.0. The van der Waals surface area contributed by atoms with Crippen molar-refractivity contribution in [2.24, 2.45) is 0 Å². The van der Waals surface area contributed by atoms with Crippen LogP contribution in [0.4, 0.5) is 5.82 Å². The van der Waals surface area contributed by atoms with Crippen LogP contribution in [0.1, 0.15) is 24.6 Å². The molecule has 0 saturated carbocycles. The zero-order valence-electron chi connectivity index (χ0n) is 7.56. The van der Waals surface area contributed by atoms with E-state index in [9.17, 15) is 4.79 Å². The first-order valence-electron chi connectivity index (χ1n) is 3.96. The third-order valence-corrected chi connectivity index (χ3v) is 1.83. The fourth-order valence-corrected chi connectivity index (χ4v) is 0.827. The van der Waals surface area contributed by atoms with Crippen LogP contribution in [0.5, 0.6) is 0 Å². The minimum absolute atomic E-state index is 0.00963. The summed E-state index contributed by atoms with van der Waals surface area (Å²) in [5.74, 6) is 0.629. The Labute approximate surface area is 71.4 Å². The first-order chi connectivity index (χ1) is 5.65. The number of aromatic amines is 1. The SMILES string of the molecule is CCC(=O)Nc1n[nH]c(C)c1C. The molecule has 0 unspecified atom stereocenters. The minimum Gasteiger partial charge on any atom is -0.309 e. The van der Waals surface area contributed by atoms with Crippen molar-refractivity contribution in [1.82, 2.24) is 10.2 Å². The standard InChI is InChI=1S/C8H13N3O/c1-4-7(12)9-8-5(2)6(3)10-11-8/h4H2,1-3H3,(H2,9,10,11,12). The molecule has 0 aliphatic carbocycles. The van der Waals surface area contributed by atoms with Gasteiger partial charge in [0.1, 0.15) is 0 Å². The Bertz CT molecular complexity index is 290. The third-order valence-electron chi connectivity index (χ3n) is 1.83. The highest BCUT2D eigenvalue weighted by Crippen LogP contribution is 2.13. The molecule has 0 aliphatic heterocycles. The first-order valence-corrected chi connectivity index (χ1v) is 3.96. The van der Waals surface area contributed by atoms with E-state index < -0.39 is 0 Å². The van der Waals surface area contributed by atoms with E-state index in [1.807, 2.05) is 20.8 Å². The molecule has 1 aromatic heterocycles. The molecule has 1 aromatic rings. The lowest BCUT2D eigenvalue weighted by atomic mass is 10.3. The molecule has 0 aromatic carbocycles. The van der Waals surface area contributed by atoms with Crippen molar-refractivity contribution >= 4 is 11.7 Å². The monoisotopic (exact) mass is 167 g/mol. The third kappa shape index (κ3) is 1.64. The van der Waals surface area contributed by atoms with Gasteiger partial charge in [0.15, 0.2) is 5.82 Å². The van der Waals surface area contributed by atoms with Crippen LogP contribution in [0.25, 0.3) is 0 Å². The molecular formula is C8H13N3O.